The predicted molar refractivity (Wildman–Crippen MR) is 114 cm³/mol. The molecule has 6 N–H and O–H groups in total. The van der Waals surface area contributed by atoms with Gasteiger partial charge in [0.2, 0.25) is 0 Å². The van der Waals surface area contributed by atoms with E-state index in [1.54, 1.807) is 28.9 Å². The molecule has 0 saturated heterocycles. The van der Waals surface area contributed by atoms with Gasteiger partial charge in [0, 0.05) is 18.8 Å². The lowest BCUT2D eigenvalue weighted by molar-refractivity contribution is -0.113. The standard InChI is InChI=1S/C20H20FN9O/c1-11-24-18(12-3-5-13(21)6-4-12)19(29(11)2)14-7-8-17-25-16(10-30(17)28-14)26-20(31)15(9-22)27-23/h3-10,27H,22-23H2,1-2H3,(H,26,31)/b15-9-. The molecule has 3 aromatic heterocycles. The summed E-state index contributed by atoms with van der Waals surface area (Å²) in [5.41, 5.74) is 11.0. The lowest BCUT2D eigenvalue weighted by Gasteiger charge is -2.07. The molecule has 3 heterocycles. The number of benzene rings is 1. The molecule has 0 bridgehead atoms. The van der Waals surface area contributed by atoms with Crippen molar-refractivity contribution in [2.75, 3.05) is 5.32 Å². The topological polar surface area (TPSA) is 141 Å². The zero-order chi connectivity index (χ0) is 22.1. The van der Waals surface area contributed by atoms with E-state index in [0.717, 1.165) is 23.3 Å². The summed E-state index contributed by atoms with van der Waals surface area (Å²) in [6.45, 7) is 1.88. The summed E-state index contributed by atoms with van der Waals surface area (Å²) in [5.74, 6) is 5.47. The number of hydrogen-bond acceptors (Lipinski definition) is 7. The molecule has 0 saturated carbocycles. The maximum Gasteiger partial charge on any atom is 0.275 e. The Morgan fingerprint density at radius 2 is 1.90 bits per heavy atom. The minimum atomic E-state index is -0.533. The van der Waals surface area contributed by atoms with Crippen molar-refractivity contribution >= 4 is 17.4 Å². The highest BCUT2D eigenvalue weighted by atomic mass is 19.1. The Balaban J connectivity index is 1.74. The van der Waals surface area contributed by atoms with Crippen LogP contribution in [0.5, 0.6) is 0 Å². The SMILES string of the molecule is Cc1nc(-c2ccc(F)cc2)c(-c2ccc3nc(NC(=O)/C(=C/N)NN)cn3n2)n1C. The first-order valence-corrected chi connectivity index (χ1v) is 9.27. The van der Waals surface area contributed by atoms with Gasteiger partial charge in [-0.25, -0.2) is 18.9 Å². The number of nitrogens with one attached hydrogen (secondary N) is 2. The van der Waals surface area contributed by atoms with E-state index in [1.807, 2.05) is 24.6 Å². The molecule has 0 atom stereocenters. The van der Waals surface area contributed by atoms with Crippen LogP contribution >= 0.6 is 0 Å². The molecular weight excluding hydrogens is 401 g/mol. The van der Waals surface area contributed by atoms with Crippen molar-refractivity contribution in [3.8, 4) is 22.6 Å². The van der Waals surface area contributed by atoms with Gasteiger partial charge < -0.3 is 21.0 Å². The van der Waals surface area contributed by atoms with Crippen molar-refractivity contribution in [3.05, 3.63) is 66.1 Å². The third kappa shape index (κ3) is 3.69. The number of hydrogen-bond donors (Lipinski definition) is 4. The molecule has 4 aromatic rings. The number of anilines is 1. The first-order chi connectivity index (χ1) is 14.9. The number of aromatic nitrogens is 5. The van der Waals surface area contributed by atoms with Crippen LogP contribution in [-0.4, -0.2) is 30.1 Å². The number of imidazole rings is 2. The van der Waals surface area contributed by atoms with Crippen LogP contribution in [0.4, 0.5) is 10.2 Å². The minimum absolute atomic E-state index is 0.00000363. The zero-order valence-electron chi connectivity index (χ0n) is 16.8. The largest absolute Gasteiger partial charge is 0.403 e. The average molecular weight is 421 g/mol. The van der Waals surface area contributed by atoms with Gasteiger partial charge in [0.25, 0.3) is 5.91 Å². The number of fused-ring (bicyclic) bond motifs is 1. The third-order valence-corrected chi connectivity index (χ3v) is 4.81. The van der Waals surface area contributed by atoms with Crippen molar-refractivity contribution in [3.63, 3.8) is 0 Å². The number of nitrogens with two attached hydrogens (primary N) is 2. The molecule has 0 aliphatic rings. The molecule has 1 aromatic carbocycles. The van der Waals surface area contributed by atoms with E-state index in [4.69, 9.17) is 11.6 Å². The second kappa shape index (κ2) is 7.88. The van der Waals surface area contributed by atoms with Crippen molar-refractivity contribution in [1.82, 2.24) is 29.6 Å². The molecule has 0 aliphatic heterocycles. The Morgan fingerprint density at radius 3 is 2.58 bits per heavy atom. The van der Waals surface area contributed by atoms with E-state index in [0.29, 0.717) is 17.0 Å². The monoisotopic (exact) mass is 421 g/mol. The first-order valence-electron chi connectivity index (χ1n) is 9.27. The quantitative estimate of drug-likeness (QED) is 0.217. The number of amides is 1. The third-order valence-electron chi connectivity index (χ3n) is 4.81. The number of hydrazine groups is 1. The molecule has 0 fully saturated rings. The van der Waals surface area contributed by atoms with Crippen LogP contribution in [0.2, 0.25) is 0 Å². The summed E-state index contributed by atoms with van der Waals surface area (Å²) < 4.78 is 16.8. The highest BCUT2D eigenvalue weighted by Crippen LogP contribution is 2.31. The van der Waals surface area contributed by atoms with Gasteiger partial charge in [0.15, 0.2) is 11.5 Å². The van der Waals surface area contributed by atoms with Crippen LogP contribution in [0.1, 0.15) is 5.82 Å². The molecular formula is C20H20FN9O. The molecule has 11 heteroatoms. The van der Waals surface area contributed by atoms with Crippen LogP contribution in [0, 0.1) is 12.7 Å². The number of halogens is 1. The van der Waals surface area contributed by atoms with Crippen LogP contribution in [0.25, 0.3) is 28.3 Å². The Morgan fingerprint density at radius 1 is 1.16 bits per heavy atom. The van der Waals surface area contributed by atoms with Crippen molar-refractivity contribution in [2.24, 2.45) is 18.6 Å². The normalized spacial score (nSPS) is 11.7. The van der Waals surface area contributed by atoms with Crippen molar-refractivity contribution < 1.29 is 9.18 Å². The lowest BCUT2D eigenvalue weighted by atomic mass is 10.1. The highest BCUT2D eigenvalue weighted by molar-refractivity contribution is 6.02. The van der Waals surface area contributed by atoms with Crippen LogP contribution in [0.3, 0.4) is 0 Å². The van der Waals surface area contributed by atoms with Crippen LogP contribution < -0.4 is 22.3 Å². The molecule has 0 unspecified atom stereocenters. The fourth-order valence-corrected chi connectivity index (χ4v) is 3.15. The maximum atomic E-state index is 13.4. The Labute approximate surface area is 176 Å². The highest BCUT2D eigenvalue weighted by Gasteiger charge is 2.18. The zero-order valence-corrected chi connectivity index (χ0v) is 16.8. The molecule has 4 rings (SSSR count). The molecule has 0 aliphatic carbocycles. The van der Waals surface area contributed by atoms with Gasteiger partial charge >= 0.3 is 0 Å². The Hall–Kier alpha value is -4.25. The fourth-order valence-electron chi connectivity index (χ4n) is 3.15. The number of nitrogens with zero attached hydrogens (tertiary/aromatic N) is 5. The van der Waals surface area contributed by atoms with Crippen molar-refractivity contribution in [1.29, 1.82) is 0 Å². The van der Waals surface area contributed by atoms with Gasteiger partial charge in [-0.2, -0.15) is 5.10 Å². The van der Waals surface area contributed by atoms with Crippen molar-refractivity contribution in [2.45, 2.75) is 6.92 Å². The molecule has 158 valence electrons. The number of rotatable bonds is 5. The van der Waals surface area contributed by atoms with Gasteiger partial charge in [-0.05, 0) is 43.3 Å². The molecule has 31 heavy (non-hydrogen) atoms. The molecule has 0 spiro atoms. The predicted octanol–water partition coefficient (Wildman–Crippen LogP) is 1.45. The lowest BCUT2D eigenvalue weighted by Crippen LogP contribution is -2.31. The van der Waals surface area contributed by atoms with Gasteiger partial charge in [-0.1, -0.05) is 0 Å². The van der Waals surface area contributed by atoms with E-state index in [1.165, 1.54) is 12.1 Å². The summed E-state index contributed by atoms with van der Waals surface area (Å²) in [4.78, 5) is 21.1. The van der Waals surface area contributed by atoms with E-state index in [2.05, 4.69) is 25.8 Å². The second-order valence-electron chi connectivity index (χ2n) is 6.75. The van der Waals surface area contributed by atoms with E-state index in [9.17, 15) is 9.18 Å². The smallest absolute Gasteiger partial charge is 0.275 e. The van der Waals surface area contributed by atoms with Gasteiger partial charge in [0.1, 0.15) is 23.0 Å². The first kappa shape index (κ1) is 20.0. The van der Waals surface area contributed by atoms with Gasteiger partial charge in [-0.3, -0.25) is 10.6 Å². The maximum absolute atomic E-state index is 13.4. The number of carbonyl (C=O) groups excluding carboxylic acids is 1. The summed E-state index contributed by atoms with van der Waals surface area (Å²) in [6.07, 6.45) is 2.63. The average Bonchev–Trinajstić information content (AvgIpc) is 3.28. The molecule has 1 amide bonds. The van der Waals surface area contributed by atoms with Gasteiger partial charge in [0.05, 0.1) is 17.6 Å². The van der Waals surface area contributed by atoms with Gasteiger partial charge in [-0.15, -0.1) is 0 Å². The minimum Gasteiger partial charge on any atom is -0.403 e. The van der Waals surface area contributed by atoms with Crippen LogP contribution in [0.15, 0.2) is 54.5 Å². The van der Waals surface area contributed by atoms with E-state index < -0.39 is 5.91 Å². The summed E-state index contributed by atoms with van der Waals surface area (Å²) >= 11 is 0. The van der Waals surface area contributed by atoms with E-state index in [-0.39, 0.29) is 17.3 Å². The summed E-state index contributed by atoms with van der Waals surface area (Å²) in [7, 11) is 1.89. The molecule has 10 nitrogen and oxygen atoms in total. The molecule has 0 radical (unpaired) electrons. The second-order valence-corrected chi connectivity index (χ2v) is 6.75. The fraction of sp³-hybridized carbons (Fsp3) is 0.100. The summed E-state index contributed by atoms with van der Waals surface area (Å²) in [5, 5.41) is 7.22. The number of aryl methyl sites for hydroxylation is 1. The number of carbonyl (C=O) groups is 1. The Kier molecular flexibility index (Phi) is 5.09. The van der Waals surface area contributed by atoms with E-state index >= 15 is 0 Å². The summed E-state index contributed by atoms with van der Waals surface area (Å²) in [6, 6.07) is 9.73. The Bertz CT molecular complexity index is 1300. The van der Waals surface area contributed by atoms with Crippen LogP contribution in [-0.2, 0) is 11.8 Å².